The molecule has 0 unspecified atom stereocenters. The van der Waals surface area contributed by atoms with E-state index >= 15 is 0 Å². The highest BCUT2D eigenvalue weighted by atomic mass is 32.2. The number of aromatic nitrogens is 2. The minimum absolute atomic E-state index is 0.254. The number of H-pyrrole nitrogens is 1. The van der Waals surface area contributed by atoms with Crippen molar-refractivity contribution in [3.8, 4) is 0 Å². The lowest BCUT2D eigenvalue weighted by molar-refractivity contribution is 0.599. The van der Waals surface area contributed by atoms with Crippen LogP contribution in [0.2, 0.25) is 0 Å². The average molecular weight is 297 g/mol. The highest BCUT2D eigenvalue weighted by Crippen LogP contribution is 2.13. The fraction of sp³-hybridized carbons (Fsp3) is 0.308. The smallest absolute Gasteiger partial charge is 0.238 e. The van der Waals surface area contributed by atoms with E-state index < -0.39 is 15.8 Å². The Morgan fingerprint density at radius 3 is 2.85 bits per heavy atom. The SMILES string of the molecule is CCCc1cc(NS(=O)(=O)Cc2cccc(F)c2)n[nH]1. The van der Waals surface area contributed by atoms with Crippen molar-refractivity contribution in [3.05, 3.63) is 47.4 Å². The maximum atomic E-state index is 13.0. The van der Waals surface area contributed by atoms with Crippen LogP contribution in [0.25, 0.3) is 0 Å². The lowest BCUT2D eigenvalue weighted by Crippen LogP contribution is -2.15. The highest BCUT2D eigenvalue weighted by molar-refractivity contribution is 7.91. The Labute approximate surface area is 117 Å². The third-order valence-electron chi connectivity index (χ3n) is 2.66. The van der Waals surface area contributed by atoms with Crippen molar-refractivity contribution in [2.24, 2.45) is 0 Å². The second kappa shape index (κ2) is 6.04. The molecule has 2 rings (SSSR count). The van der Waals surface area contributed by atoms with Crippen LogP contribution in [-0.2, 0) is 22.2 Å². The lowest BCUT2D eigenvalue weighted by atomic mass is 10.2. The molecule has 7 heteroatoms. The number of sulfonamides is 1. The van der Waals surface area contributed by atoms with E-state index in [0.29, 0.717) is 5.56 Å². The molecule has 0 amide bonds. The number of nitrogens with zero attached hydrogens (tertiary/aromatic N) is 1. The first-order valence-electron chi connectivity index (χ1n) is 6.28. The summed E-state index contributed by atoms with van der Waals surface area (Å²) in [6.07, 6.45) is 1.75. The van der Waals surface area contributed by atoms with E-state index in [1.165, 1.54) is 18.2 Å². The molecule has 0 aliphatic rings. The van der Waals surface area contributed by atoms with Crippen molar-refractivity contribution >= 4 is 15.8 Å². The second-order valence-corrected chi connectivity index (χ2v) is 6.24. The van der Waals surface area contributed by atoms with Gasteiger partial charge in [0.15, 0.2) is 5.82 Å². The number of halogens is 1. The van der Waals surface area contributed by atoms with E-state index in [1.807, 2.05) is 6.92 Å². The van der Waals surface area contributed by atoms with E-state index in [1.54, 1.807) is 12.1 Å². The lowest BCUT2D eigenvalue weighted by Gasteiger charge is -2.05. The molecule has 1 aromatic heterocycles. The Balaban J connectivity index is 2.06. The molecule has 5 nitrogen and oxygen atoms in total. The normalized spacial score (nSPS) is 11.5. The van der Waals surface area contributed by atoms with E-state index in [9.17, 15) is 12.8 Å². The third-order valence-corrected chi connectivity index (χ3v) is 3.89. The first kappa shape index (κ1) is 14.5. The summed E-state index contributed by atoms with van der Waals surface area (Å²) in [4.78, 5) is 0. The summed E-state index contributed by atoms with van der Waals surface area (Å²) in [5.74, 6) is -0.492. The maximum Gasteiger partial charge on any atom is 0.238 e. The van der Waals surface area contributed by atoms with Crippen LogP contribution >= 0.6 is 0 Å². The third kappa shape index (κ3) is 4.06. The van der Waals surface area contributed by atoms with Gasteiger partial charge in [-0.2, -0.15) is 5.10 Å². The number of hydrogen-bond acceptors (Lipinski definition) is 3. The Kier molecular flexibility index (Phi) is 4.39. The van der Waals surface area contributed by atoms with E-state index in [2.05, 4.69) is 14.9 Å². The minimum atomic E-state index is -3.61. The number of rotatable bonds is 6. The number of benzene rings is 1. The van der Waals surface area contributed by atoms with Crippen LogP contribution < -0.4 is 4.72 Å². The number of nitrogens with one attached hydrogen (secondary N) is 2. The molecule has 0 aliphatic carbocycles. The molecular weight excluding hydrogens is 281 g/mol. The van der Waals surface area contributed by atoms with Crippen LogP contribution in [0.3, 0.4) is 0 Å². The van der Waals surface area contributed by atoms with Gasteiger partial charge in [-0.15, -0.1) is 0 Å². The van der Waals surface area contributed by atoms with Crippen LogP contribution in [0.5, 0.6) is 0 Å². The fourth-order valence-electron chi connectivity index (χ4n) is 1.85. The molecule has 1 heterocycles. The summed E-state index contributed by atoms with van der Waals surface area (Å²) in [5.41, 5.74) is 1.26. The van der Waals surface area contributed by atoms with E-state index in [4.69, 9.17) is 0 Å². The van der Waals surface area contributed by atoms with Gasteiger partial charge in [0.05, 0.1) is 5.75 Å². The standard InChI is InChI=1S/C13H16FN3O2S/c1-2-4-12-8-13(16-15-12)17-20(18,19)9-10-5-3-6-11(14)7-10/h3,5-8H,2,4,9H2,1H3,(H2,15,16,17). The fourth-order valence-corrected chi connectivity index (χ4v) is 2.97. The molecule has 2 N–H and O–H groups in total. The number of aryl methyl sites for hydroxylation is 1. The van der Waals surface area contributed by atoms with Crippen molar-refractivity contribution in [2.75, 3.05) is 4.72 Å². The molecule has 0 aliphatic heterocycles. The number of hydrogen-bond donors (Lipinski definition) is 2. The zero-order valence-corrected chi connectivity index (χ0v) is 11.9. The van der Waals surface area contributed by atoms with Gasteiger partial charge in [-0.3, -0.25) is 9.82 Å². The zero-order valence-electron chi connectivity index (χ0n) is 11.1. The van der Waals surface area contributed by atoms with Crippen LogP contribution in [0.4, 0.5) is 10.2 Å². The molecule has 20 heavy (non-hydrogen) atoms. The Hall–Kier alpha value is -1.89. The topological polar surface area (TPSA) is 74.8 Å². The van der Waals surface area contributed by atoms with Gasteiger partial charge in [0.2, 0.25) is 10.0 Å². The monoisotopic (exact) mass is 297 g/mol. The molecular formula is C13H16FN3O2S. The summed E-state index contributed by atoms with van der Waals surface area (Å²) >= 11 is 0. The van der Waals surface area contributed by atoms with Crippen LogP contribution in [0.15, 0.2) is 30.3 Å². The molecule has 108 valence electrons. The van der Waals surface area contributed by atoms with Gasteiger partial charge in [-0.25, -0.2) is 12.8 Å². The van der Waals surface area contributed by atoms with Gasteiger partial charge in [-0.1, -0.05) is 25.5 Å². The predicted molar refractivity (Wildman–Crippen MR) is 75.2 cm³/mol. The van der Waals surface area contributed by atoms with Crippen molar-refractivity contribution in [3.63, 3.8) is 0 Å². The van der Waals surface area contributed by atoms with Gasteiger partial charge >= 0.3 is 0 Å². The Morgan fingerprint density at radius 1 is 1.35 bits per heavy atom. The maximum absolute atomic E-state index is 13.0. The van der Waals surface area contributed by atoms with Crippen LogP contribution in [-0.4, -0.2) is 18.6 Å². The quantitative estimate of drug-likeness (QED) is 0.860. The van der Waals surface area contributed by atoms with Crippen LogP contribution in [0, 0.1) is 5.82 Å². The first-order chi connectivity index (χ1) is 9.48. The molecule has 0 atom stereocenters. The van der Waals surface area contributed by atoms with Gasteiger partial charge in [-0.05, 0) is 24.1 Å². The summed E-state index contributed by atoms with van der Waals surface area (Å²) in [7, 11) is -3.61. The van der Waals surface area contributed by atoms with Crippen molar-refractivity contribution in [1.82, 2.24) is 10.2 Å². The molecule has 0 bridgehead atoms. The predicted octanol–water partition coefficient (Wildman–Crippen LogP) is 2.44. The summed E-state index contributed by atoms with van der Waals surface area (Å²) < 4.78 is 39.3. The highest BCUT2D eigenvalue weighted by Gasteiger charge is 2.14. The van der Waals surface area contributed by atoms with Crippen molar-refractivity contribution < 1.29 is 12.8 Å². The number of anilines is 1. The molecule has 0 radical (unpaired) electrons. The molecule has 0 spiro atoms. The van der Waals surface area contributed by atoms with Gasteiger partial charge in [0, 0.05) is 11.8 Å². The largest absolute Gasteiger partial charge is 0.280 e. The molecule has 1 aromatic carbocycles. The van der Waals surface area contributed by atoms with Gasteiger partial charge < -0.3 is 0 Å². The zero-order chi connectivity index (χ0) is 14.6. The molecule has 0 saturated carbocycles. The minimum Gasteiger partial charge on any atom is -0.280 e. The van der Waals surface area contributed by atoms with E-state index in [0.717, 1.165) is 18.5 Å². The Bertz CT molecular complexity index is 682. The first-order valence-corrected chi connectivity index (χ1v) is 7.93. The number of aromatic amines is 1. The summed E-state index contributed by atoms with van der Waals surface area (Å²) in [6.45, 7) is 2.02. The molecule has 0 fully saturated rings. The summed E-state index contributed by atoms with van der Waals surface area (Å²) in [6, 6.07) is 7.18. The van der Waals surface area contributed by atoms with Gasteiger partial charge in [0.25, 0.3) is 0 Å². The summed E-state index contributed by atoms with van der Waals surface area (Å²) in [5, 5.41) is 6.66. The van der Waals surface area contributed by atoms with Crippen molar-refractivity contribution in [2.45, 2.75) is 25.5 Å². The Morgan fingerprint density at radius 2 is 2.15 bits per heavy atom. The van der Waals surface area contributed by atoms with Crippen molar-refractivity contribution in [1.29, 1.82) is 0 Å². The van der Waals surface area contributed by atoms with Crippen LogP contribution in [0.1, 0.15) is 24.6 Å². The molecule has 2 aromatic rings. The second-order valence-electron chi connectivity index (χ2n) is 4.52. The van der Waals surface area contributed by atoms with Gasteiger partial charge in [0.1, 0.15) is 5.82 Å². The average Bonchev–Trinajstić information content (AvgIpc) is 2.75. The molecule has 0 saturated heterocycles. The van der Waals surface area contributed by atoms with E-state index in [-0.39, 0.29) is 11.6 Å².